The largest absolute Gasteiger partial charge is 0.493 e. The highest BCUT2D eigenvalue weighted by atomic mass is 16.6. The molecule has 9 nitrogen and oxygen atoms in total. The summed E-state index contributed by atoms with van der Waals surface area (Å²) >= 11 is 0. The summed E-state index contributed by atoms with van der Waals surface area (Å²) in [5.41, 5.74) is 6.87. The van der Waals surface area contributed by atoms with Crippen molar-refractivity contribution < 1.29 is 33.9 Å². The Bertz CT molecular complexity index is 1820. The van der Waals surface area contributed by atoms with Crippen molar-refractivity contribution in [3.8, 4) is 46.0 Å². The van der Waals surface area contributed by atoms with Crippen LogP contribution in [0.4, 0.5) is 0 Å². The Labute approximate surface area is 274 Å². The number of likely N-dealkylation sites (N-methyl/N-ethyl adjacent to an activating group) is 1. The molecule has 9 heteroatoms. The SMILES string of the molecule is COc1ccc2cc1Oc1ccc(cc1)C[C@H]1c3c(cc(OC)c4c3Oc3cc5c(cc3O4)CCN(C)[C@H]5C2)CCN1CC(O)CO. The predicted octanol–water partition coefficient (Wildman–Crippen LogP) is 5.97. The number of benzene rings is 4. The van der Waals surface area contributed by atoms with E-state index >= 15 is 0 Å². The van der Waals surface area contributed by atoms with Crippen LogP contribution in [0.5, 0.6) is 46.0 Å². The molecule has 0 fully saturated rings. The zero-order valence-electron chi connectivity index (χ0n) is 27.0. The fourth-order valence-corrected chi connectivity index (χ4v) is 7.66. The molecule has 0 radical (unpaired) electrons. The summed E-state index contributed by atoms with van der Waals surface area (Å²) in [7, 11) is 5.50. The molecule has 5 heterocycles. The molecule has 0 spiro atoms. The third kappa shape index (κ3) is 5.37. The summed E-state index contributed by atoms with van der Waals surface area (Å²) in [6.45, 7) is 1.67. The van der Waals surface area contributed by atoms with Crippen LogP contribution in [0.15, 0.2) is 60.7 Å². The first kappa shape index (κ1) is 30.1. The fourth-order valence-electron chi connectivity index (χ4n) is 7.66. The normalized spacial score (nSPS) is 20.4. The maximum absolute atomic E-state index is 10.6. The van der Waals surface area contributed by atoms with Gasteiger partial charge < -0.3 is 33.9 Å². The van der Waals surface area contributed by atoms with Crippen molar-refractivity contribution in [1.82, 2.24) is 9.80 Å². The van der Waals surface area contributed by atoms with Gasteiger partial charge in [0, 0.05) is 37.3 Å². The summed E-state index contributed by atoms with van der Waals surface area (Å²) in [5.74, 6) is 5.31. The molecular formula is C38H40N2O7. The highest BCUT2D eigenvalue weighted by molar-refractivity contribution is 5.67. The van der Waals surface area contributed by atoms with E-state index in [-0.39, 0.29) is 18.7 Å². The second-order valence-corrected chi connectivity index (χ2v) is 13.0. The molecule has 5 aliphatic rings. The van der Waals surface area contributed by atoms with Gasteiger partial charge in [-0.3, -0.25) is 9.80 Å². The molecule has 5 aliphatic heterocycles. The quantitative estimate of drug-likeness (QED) is 0.242. The van der Waals surface area contributed by atoms with Crippen molar-refractivity contribution in [1.29, 1.82) is 0 Å². The minimum Gasteiger partial charge on any atom is -0.493 e. The lowest BCUT2D eigenvalue weighted by molar-refractivity contribution is 0.0404. The maximum atomic E-state index is 10.6. The van der Waals surface area contributed by atoms with Gasteiger partial charge in [-0.1, -0.05) is 18.2 Å². The van der Waals surface area contributed by atoms with Gasteiger partial charge in [-0.2, -0.15) is 0 Å². The second kappa shape index (κ2) is 12.1. The van der Waals surface area contributed by atoms with Crippen molar-refractivity contribution in [3.63, 3.8) is 0 Å². The number of fused-ring (bicyclic) bond motifs is 2. The Morgan fingerprint density at radius 3 is 2.28 bits per heavy atom. The molecule has 3 atom stereocenters. The van der Waals surface area contributed by atoms with Crippen LogP contribution in [0, 0.1) is 0 Å². The Morgan fingerprint density at radius 2 is 1.49 bits per heavy atom. The zero-order chi connectivity index (χ0) is 32.2. The van der Waals surface area contributed by atoms with Gasteiger partial charge in [0.25, 0.3) is 0 Å². The molecule has 4 aromatic carbocycles. The highest BCUT2D eigenvalue weighted by Gasteiger charge is 2.38. The predicted molar refractivity (Wildman–Crippen MR) is 177 cm³/mol. The van der Waals surface area contributed by atoms with E-state index in [9.17, 15) is 10.2 Å². The van der Waals surface area contributed by atoms with E-state index in [1.807, 2.05) is 18.2 Å². The van der Waals surface area contributed by atoms with Crippen molar-refractivity contribution >= 4 is 0 Å². The number of ether oxygens (including phenoxy) is 5. The Morgan fingerprint density at radius 1 is 0.766 bits per heavy atom. The first-order valence-electron chi connectivity index (χ1n) is 16.4. The highest BCUT2D eigenvalue weighted by Crippen LogP contribution is 2.57. The van der Waals surface area contributed by atoms with E-state index in [0.717, 1.165) is 53.8 Å². The third-order valence-electron chi connectivity index (χ3n) is 10.1. The van der Waals surface area contributed by atoms with Gasteiger partial charge >= 0.3 is 0 Å². The van der Waals surface area contributed by atoms with Crippen LogP contribution in [0.1, 0.15) is 45.5 Å². The number of hydrogen-bond acceptors (Lipinski definition) is 9. The van der Waals surface area contributed by atoms with Crippen LogP contribution in [0.25, 0.3) is 0 Å². The molecule has 7 bridgehead atoms. The van der Waals surface area contributed by atoms with Crippen molar-refractivity contribution in [2.75, 3.05) is 47.5 Å². The van der Waals surface area contributed by atoms with Crippen LogP contribution in [0.2, 0.25) is 0 Å². The van der Waals surface area contributed by atoms with Crippen LogP contribution < -0.4 is 23.7 Å². The number of aliphatic hydroxyl groups excluding tert-OH is 2. The first-order chi connectivity index (χ1) is 22.9. The van der Waals surface area contributed by atoms with Gasteiger partial charge in [0.05, 0.1) is 26.9 Å². The van der Waals surface area contributed by atoms with E-state index in [1.165, 1.54) is 11.1 Å². The number of aliphatic hydroxyl groups is 2. The summed E-state index contributed by atoms with van der Waals surface area (Å²) in [4.78, 5) is 4.64. The smallest absolute Gasteiger partial charge is 0.212 e. The van der Waals surface area contributed by atoms with Gasteiger partial charge in [-0.25, -0.2) is 0 Å². The van der Waals surface area contributed by atoms with Crippen LogP contribution in [-0.4, -0.2) is 73.6 Å². The zero-order valence-corrected chi connectivity index (χ0v) is 27.0. The molecule has 1 unspecified atom stereocenters. The lowest BCUT2D eigenvalue weighted by atomic mass is 9.86. The van der Waals surface area contributed by atoms with Crippen LogP contribution >= 0.6 is 0 Å². The lowest BCUT2D eigenvalue weighted by Crippen LogP contribution is -2.42. The van der Waals surface area contributed by atoms with Crippen molar-refractivity contribution in [2.45, 2.75) is 43.9 Å². The average molecular weight is 637 g/mol. The fraction of sp³-hybridized carbons (Fsp3) is 0.368. The van der Waals surface area contributed by atoms with Crippen LogP contribution in [-0.2, 0) is 25.7 Å². The summed E-state index contributed by atoms with van der Waals surface area (Å²) < 4.78 is 31.6. The summed E-state index contributed by atoms with van der Waals surface area (Å²) in [5, 5.41) is 20.3. The summed E-state index contributed by atoms with van der Waals surface area (Å²) in [6, 6.07) is 20.7. The first-order valence-corrected chi connectivity index (χ1v) is 16.4. The topological polar surface area (TPSA) is 93.1 Å². The average Bonchev–Trinajstić information content (AvgIpc) is 3.09. The van der Waals surface area contributed by atoms with E-state index in [0.29, 0.717) is 59.8 Å². The molecule has 0 amide bonds. The van der Waals surface area contributed by atoms with Gasteiger partial charge in [0.1, 0.15) is 5.75 Å². The molecule has 4 aromatic rings. The molecule has 0 saturated heterocycles. The van der Waals surface area contributed by atoms with Crippen LogP contribution in [0.3, 0.4) is 0 Å². The minimum absolute atomic E-state index is 0.121. The Hall–Kier alpha value is -4.28. The van der Waals surface area contributed by atoms with Gasteiger partial charge in [-0.05, 0) is 103 Å². The molecule has 0 aromatic heterocycles. The molecule has 9 rings (SSSR count). The molecule has 0 saturated carbocycles. The number of nitrogens with zero attached hydrogens (tertiary/aromatic N) is 2. The van der Waals surface area contributed by atoms with Crippen molar-refractivity contribution in [2.24, 2.45) is 0 Å². The molecule has 244 valence electrons. The Kier molecular flexibility index (Phi) is 7.72. The van der Waals surface area contributed by atoms with E-state index < -0.39 is 6.10 Å². The number of methoxy groups -OCH3 is 2. The molecular weight excluding hydrogens is 596 g/mol. The van der Waals surface area contributed by atoms with E-state index in [1.54, 1.807) is 14.2 Å². The number of rotatable bonds is 5. The monoisotopic (exact) mass is 636 g/mol. The summed E-state index contributed by atoms with van der Waals surface area (Å²) in [6.07, 6.45) is 2.22. The van der Waals surface area contributed by atoms with Gasteiger partial charge in [-0.15, -0.1) is 0 Å². The van der Waals surface area contributed by atoms with Crippen molar-refractivity contribution in [3.05, 3.63) is 94.0 Å². The maximum Gasteiger partial charge on any atom is 0.212 e. The standard InChI is InChI=1S/C38H40N2O7/c1-39-12-10-24-17-33-34-19-28(24)29(39)15-23-6-9-31(43-2)32(16-23)45-27-7-4-22(5-8-27)14-30-36-25(11-13-40(30)20-26(42)21-41)18-35(44-3)37(46-33)38(36)47-34/h4-9,16-19,26,29-30,41-42H,10-15,20-21H2,1-3H3/t26?,29-,30-/m0/s1. The number of hydrogen-bond donors (Lipinski definition) is 2. The lowest BCUT2D eigenvalue weighted by Gasteiger charge is -2.41. The van der Waals surface area contributed by atoms with E-state index in [2.05, 4.69) is 59.3 Å². The molecule has 2 N–H and O–H groups in total. The molecule has 47 heavy (non-hydrogen) atoms. The molecule has 0 aliphatic carbocycles. The van der Waals surface area contributed by atoms with Gasteiger partial charge in [0.15, 0.2) is 34.5 Å². The number of β-amino-alcohol motifs (C(OH)–C–C–N with tert-alkyl or cyclic N) is 1. The van der Waals surface area contributed by atoms with Gasteiger partial charge in [0.2, 0.25) is 5.75 Å². The van der Waals surface area contributed by atoms with E-state index in [4.69, 9.17) is 23.7 Å². The second-order valence-electron chi connectivity index (χ2n) is 13.0. The third-order valence-corrected chi connectivity index (χ3v) is 10.1. The minimum atomic E-state index is -0.862. The Balaban J connectivity index is 1.32.